The molecular weight excluding hydrogens is 361 g/mol. The van der Waals surface area contributed by atoms with Gasteiger partial charge in [-0.3, -0.25) is 4.90 Å². The van der Waals surface area contributed by atoms with Crippen molar-refractivity contribution in [3.8, 4) is 0 Å². The largest absolute Gasteiger partial charge is 0.444 e. The summed E-state index contributed by atoms with van der Waals surface area (Å²) in [5.41, 5.74) is 0.910. The minimum atomic E-state index is -0.514. The van der Waals surface area contributed by atoms with Gasteiger partial charge in [-0.15, -0.1) is 0 Å². The molecule has 19 heavy (non-hydrogen) atoms. The lowest BCUT2D eigenvalue weighted by molar-refractivity contribution is -0.139. The van der Waals surface area contributed by atoms with E-state index in [0.29, 0.717) is 6.42 Å². The number of nitrogens with zero attached hydrogens (tertiary/aromatic N) is 1. The van der Waals surface area contributed by atoms with Gasteiger partial charge in [-0.25, -0.2) is 9.59 Å². The Bertz CT molecular complexity index is 451. The zero-order chi connectivity index (χ0) is 13.7. The van der Waals surface area contributed by atoms with Crippen molar-refractivity contribution in [2.75, 3.05) is 11.2 Å². The van der Waals surface area contributed by atoms with E-state index in [4.69, 9.17) is 9.47 Å². The van der Waals surface area contributed by atoms with Crippen LogP contribution in [0.25, 0.3) is 0 Å². The zero-order valence-electron chi connectivity index (χ0n) is 10.3. The molecular formula is C13H14INO4. The van der Waals surface area contributed by atoms with Crippen molar-refractivity contribution in [2.45, 2.75) is 19.1 Å². The highest BCUT2D eigenvalue weighted by Gasteiger charge is 2.38. The van der Waals surface area contributed by atoms with E-state index in [-0.39, 0.29) is 19.3 Å². The van der Waals surface area contributed by atoms with E-state index >= 15 is 0 Å². The number of halogens is 1. The summed E-state index contributed by atoms with van der Waals surface area (Å²) in [5, 5.41) is 0. The van der Waals surface area contributed by atoms with Crippen molar-refractivity contribution < 1.29 is 19.1 Å². The summed E-state index contributed by atoms with van der Waals surface area (Å²) in [6, 6.07) is 8.90. The summed E-state index contributed by atoms with van der Waals surface area (Å²) in [6.45, 7) is 0.176. The fraction of sp³-hybridized carbons (Fsp3) is 0.385. The topological polar surface area (TPSA) is 55.8 Å². The maximum atomic E-state index is 11.9. The molecule has 1 aliphatic rings. The van der Waals surface area contributed by atoms with Crippen LogP contribution in [0.5, 0.6) is 0 Å². The smallest absolute Gasteiger partial charge is 0.413 e. The number of hydrogen-bond donors (Lipinski definition) is 0. The Morgan fingerprint density at radius 3 is 2.84 bits per heavy atom. The van der Waals surface area contributed by atoms with Crippen LogP contribution in [0.4, 0.5) is 4.79 Å². The van der Waals surface area contributed by atoms with Gasteiger partial charge in [0, 0.05) is 4.43 Å². The number of benzene rings is 1. The average Bonchev–Trinajstić information content (AvgIpc) is 2.80. The number of amides is 1. The van der Waals surface area contributed by atoms with Crippen LogP contribution in [0.15, 0.2) is 30.3 Å². The lowest BCUT2D eigenvalue weighted by atomic mass is 10.2. The zero-order valence-corrected chi connectivity index (χ0v) is 12.4. The van der Waals surface area contributed by atoms with Gasteiger partial charge in [0.05, 0.1) is 0 Å². The Morgan fingerprint density at radius 2 is 2.16 bits per heavy atom. The van der Waals surface area contributed by atoms with Crippen LogP contribution in [0, 0.1) is 0 Å². The molecule has 0 radical (unpaired) electrons. The van der Waals surface area contributed by atoms with E-state index < -0.39 is 12.1 Å². The average molecular weight is 375 g/mol. The first-order valence-electron chi connectivity index (χ1n) is 5.92. The number of esters is 1. The molecule has 0 N–H and O–H groups in total. The van der Waals surface area contributed by atoms with Gasteiger partial charge in [-0.05, 0) is 12.0 Å². The van der Waals surface area contributed by atoms with E-state index in [0.717, 1.165) is 9.99 Å². The van der Waals surface area contributed by atoms with Crippen LogP contribution in [0.2, 0.25) is 0 Å². The monoisotopic (exact) mass is 375 g/mol. The van der Waals surface area contributed by atoms with Crippen LogP contribution in [-0.2, 0) is 20.9 Å². The SMILES string of the molecule is O=C1OCN(C(=O)OCc2ccccc2)[C@H]1CCI. The van der Waals surface area contributed by atoms with E-state index in [2.05, 4.69) is 22.6 Å². The summed E-state index contributed by atoms with van der Waals surface area (Å²) in [7, 11) is 0. The first kappa shape index (κ1) is 14.1. The fourth-order valence-corrected chi connectivity index (χ4v) is 2.40. The standard InChI is InChI=1S/C13H14INO4/c14-7-6-11-12(16)19-9-15(11)13(17)18-8-10-4-2-1-3-5-10/h1-5,11H,6-9H2/t11-/m0/s1. The van der Waals surface area contributed by atoms with Gasteiger partial charge in [-0.1, -0.05) is 52.9 Å². The van der Waals surface area contributed by atoms with Gasteiger partial charge < -0.3 is 9.47 Å². The Balaban J connectivity index is 1.91. The van der Waals surface area contributed by atoms with Crippen molar-refractivity contribution in [1.29, 1.82) is 0 Å². The summed E-state index contributed by atoms with van der Waals surface area (Å²) < 4.78 is 10.9. The second-order valence-corrected chi connectivity index (χ2v) is 5.17. The van der Waals surface area contributed by atoms with E-state index in [1.165, 1.54) is 4.90 Å². The Labute approximate surface area is 125 Å². The van der Waals surface area contributed by atoms with Gasteiger partial charge in [0.2, 0.25) is 0 Å². The van der Waals surface area contributed by atoms with Gasteiger partial charge in [0.25, 0.3) is 0 Å². The third kappa shape index (κ3) is 3.59. The Hall–Kier alpha value is -1.31. The molecule has 6 heteroatoms. The number of rotatable bonds is 4. The number of ether oxygens (including phenoxy) is 2. The summed E-state index contributed by atoms with van der Waals surface area (Å²) >= 11 is 2.16. The third-order valence-electron chi connectivity index (χ3n) is 2.82. The molecule has 0 bridgehead atoms. The molecule has 1 atom stereocenters. The molecule has 0 aliphatic carbocycles. The van der Waals surface area contributed by atoms with E-state index in [1.54, 1.807) is 0 Å². The summed E-state index contributed by atoms with van der Waals surface area (Å²) in [5.74, 6) is -0.353. The highest BCUT2D eigenvalue weighted by molar-refractivity contribution is 14.1. The molecule has 1 fully saturated rings. The van der Waals surface area contributed by atoms with Crippen molar-refractivity contribution in [3.05, 3.63) is 35.9 Å². The van der Waals surface area contributed by atoms with Gasteiger partial charge in [-0.2, -0.15) is 0 Å². The van der Waals surface area contributed by atoms with Crippen LogP contribution in [0.1, 0.15) is 12.0 Å². The molecule has 0 spiro atoms. The minimum Gasteiger partial charge on any atom is -0.444 e. The van der Waals surface area contributed by atoms with Gasteiger partial charge >= 0.3 is 12.1 Å². The summed E-state index contributed by atoms with van der Waals surface area (Å²) in [6.07, 6.45) is 0.0735. The fourth-order valence-electron chi connectivity index (χ4n) is 1.81. The molecule has 0 saturated carbocycles. The molecule has 1 aliphatic heterocycles. The van der Waals surface area contributed by atoms with Gasteiger partial charge in [0.1, 0.15) is 12.6 Å². The van der Waals surface area contributed by atoms with Crippen molar-refractivity contribution in [1.82, 2.24) is 4.90 Å². The predicted molar refractivity (Wildman–Crippen MR) is 76.7 cm³/mol. The molecule has 1 amide bonds. The number of hydrogen-bond acceptors (Lipinski definition) is 4. The molecule has 2 rings (SSSR count). The second kappa shape index (κ2) is 6.74. The normalized spacial score (nSPS) is 18.3. The number of alkyl halides is 1. The highest BCUT2D eigenvalue weighted by Crippen LogP contribution is 2.17. The van der Waals surface area contributed by atoms with Crippen molar-refractivity contribution in [3.63, 3.8) is 0 Å². The molecule has 1 aromatic carbocycles. The van der Waals surface area contributed by atoms with Crippen LogP contribution in [0.3, 0.4) is 0 Å². The summed E-state index contributed by atoms with van der Waals surface area (Å²) in [4.78, 5) is 24.7. The quantitative estimate of drug-likeness (QED) is 0.461. The molecule has 5 nitrogen and oxygen atoms in total. The maximum absolute atomic E-state index is 11.9. The predicted octanol–water partition coefficient (Wildman–Crippen LogP) is 2.33. The van der Waals surface area contributed by atoms with Gasteiger partial charge in [0.15, 0.2) is 6.73 Å². The highest BCUT2D eigenvalue weighted by atomic mass is 127. The van der Waals surface area contributed by atoms with Crippen molar-refractivity contribution >= 4 is 34.7 Å². The molecule has 1 saturated heterocycles. The Kier molecular flexibility index (Phi) is 5.00. The number of carbonyl (C=O) groups excluding carboxylic acids is 2. The second-order valence-electron chi connectivity index (χ2n) is 4.10. The maximum Gasteiger partial charge on any atom is 0.413 e. The molecule has 1 aromatic rings. The third-order valence-corrected chi connectivity index (χ3v) is 3.44. The lowest BCUT2D eigenvalue weighted by Crippen LogP contribution is -2.38. The first-order chi connectivity index (χ1) is 9.22. The number of carbonyl (C=O) groups is 2. The van der Waals surface area contributed by atoms with E-state index in [9.17, 15) is 9.59 Å². The lowest BCUT2D eigenvalue weighted by Gasteiger charge is -2.18. The molecule has 0 aromatic heterocycles. The Morgan fingerprint density at radius 1 is 1.42 bits per heavy atom. The van der Waals surface area contributed by atoms with Crippen LogP contribution < -0.4 is 0 Å². The minimum absolute atomic E-state index is 0.0201. The van der Waals surface area contributed by atoms with E-state index in [1.807, 2.05) is 30.3 Å². The van der Waals surface area contributed by atoms with Crippen molar-refractivity contribution in [2.24, 2.45) is 0 Å². The molecule has 1 heterocycles. The molecule has 102 valence electrons. The molecule has 0 unspecified atom stereocenters. The van der Waals surface area contributed by atoms with Crippen LogP contribution >= 0.6 is 22.6 Å². The number of cyclic esters (lactones) is 1. The first-order valence-corrected chi connectivity index (χ1v) is 7.45. The van der Waals surface area contributed by atoms with Crippen LogP contribution in [-0.4, -0.2) is 34.2 Å².